The molecule has 0 unspecified atom stereocenters. The summed E-state index contributed by atoms with van der Waals surface area (Å²) in [6.45, 7) is 8.71. The van der Waals surface area contributed by atoms with E-state index in [9.17, 15) is 0 Å². The molecular weight excluding hydrogens is 150 g/mol. The first-order valence-corrected chi connectivity index (χ1v) is 5.08. The van der Waals surface area contributed by atoms with Crippen molar-refractivity contribution in [3.8, 4) is 0 Å². The highest BCUT2D eigenvalue weighted by atomic mass is 16.7. The standard InChI is InChI=1S/C10H21NO/c1-4-10(2,3)12-11-8-6-5-7-9-11/h4-9H2,1-3H3. The molecule has 1 fully saturated rings. The fourth-order valence-corrected chi connectivity index (χ4v) is 1.37. The summed E-state index contributed by atoms with van der Waals surface area (Å²) in [4.78, 5) is 5.86. The highest BCUT2D eigenvalue weighted by Crippen LogP contribution is 2.19. The molecule has 0 aromatic rings. The molecule has 0 aromatic carbocycles. The normalized spacial score (nSPS) is 21.2. The van der Waals surface area contributed by atoms with Crippen LogP contribution >= 0.6 is 0 Å². The van der Waals surface area contributed by atoms with Crippen LogP contribution < -0.4 is 0 Å². The third-order valence-electron chi connectivity index (χ3n) is 2.54. The van der Waals surface area contributed by atoms with Crippen LogP contribution in [0.25, 0.3) is 0 Å². The lowest BCUT2D eigenvalue weighted by Gasteiger charge is -2.34. The molecule has 2 nitrogen and oxygen atoms in total. The Morgan fingerprint density at radius 1 is 1.17 bits per heavy atom. The minimum absolute atomic E-state index is 0.0251. The van der Waals surface area contributed by atoms with Gasteiger partial charge >= 0.3 is 0 Å². The highest BCUT2D eigenvalue weighted by molar-refractivity contribution is 4.66. The first kappa shape index (κ1) is 10.0. The molecule has 1 rings (SSSR count). The zero-order chi connectivity index (χ0) is 9.03. The van der Waals surface area contributed by atoms with Gasteiger partial charge in [-0.2, -0.15) is 5.06 Å². The summed E-state index contributed by atoms with van der Waals surface area (Å²) >= 11 is 0. The van der Waals surface area contributed by atoms with E-state index < -0.39 is 0 Å². The lowest BCUT2D eigenvalue weighted by atomic mass is 10.1. The molecule has 1 aliphatic rings. The molecule has 0 N–H and O–H groups in total. The smallest absolute Gasteiger partial charge is 0.0841 e. The van der Waals surface area contributed by atoms with E-state index in [0.29, 0.717) is 0 Å². The summed E-state index contributed by atoms with van der Waals surface area (Å²) in [6, 6.07) is 0. The van der Waals surface area contributed by atoms with E-state index in [0.717, 1.165) is 19.5 Å². The Kier molecular flexibility index (Phi) is 3.53. The molecule has 1 aliphatic heterocycles. The minimum Gasteiger partial charge on any atom is -0.293 e. The van der Waals surface area contributed by atoms with E-state index >= 15 is 0 Å². The quantitative estimate of drug-likeness (QED) is 0.647. The van der Waals surface area contributed by atoms with E-state index in [1.165, 1.54) is 19.3 Å². The average Bonchev–Trinajstić information content (AvgIpc) is 2.06. The third kappa shape index (κ3) is 3.11. The van der Waals surface area contributed by atoms with Crippen LogP contribution in [0.15, 0.2) is 0 Å². The second-order valence-corrected chi connectivity index (χ2v) is 4.19. The van der Waals surface area contributed by atoms with Crippen molar-refractivity contribution in [1.29, 1.82) is 0 Å². The largest absolute Gasteiger partial charge is 0.293 e. The molecule has 1 saturated heterocycles. The van der Waals surface area contributed by atoms with E-state index in [2.05, 4.69) is 25.8 Å². The van der Waals surface area contributed by atoms with E-state index in [1.807, 2.05) is 0 Å². The summed E-state index contributed by atoms with van der Waals surface area (Å²) in [7, 11) is 0. The maximum absolute atomic E-state index is 5.86. The Labute approximate surface area is 75.8 Å². The number of hydrogen-bond acceptors (Lipinski definition) is 2. The van der Waals surface area contributed by atoms with Gasteiger partial charge in [0.1, 0.15) is 0 Å². The number of rotatable bonds is 3. The number of nitrogens with zero attached hydrogens (tertiary/aromatic N) is 1. The maximum Gasteiger partial charge on any atom is 0.0841 e. The van der Waals surface area contributed by atoms with Gasteiger partial charge in [-0.1, -0.05) is 13.3 Å². The molecule has 0 amide bonds. The van der Waals surface area contributed by atoms with Crippen molar-refractivity contribution < 1.29 is 4.84 Å². The van der Waals surface area contributed by atoms with Gasteiger partial charge in [0, 0.05) is 13.1 Å². The van der Waals surface area contributed by atoms with Gasteiger partial charge < -0.3 is 0 Å². The monoisotopic (exact) mass is 171 g/mol. The van der Waals surface area contributed by atoms with Gasteiger partial charge in [-0.05, 0) is 33.1 Å². The van der Waals surface area contributed by atoms with Gasteiger partial charge in [-0.15, -0.1) is 0 Å². The number of hydrogen-bond donors (Lipinski definition) is 0. The average molecular weight is 171 g/mol. The van der Waals surface area contributed by atoms with Gasteiger partial charge in [-0.25, -0.2) is 0 Å². The van der Waals surface area contributed by atoms with E-state index in [-0.39, 0.29) is 5.60 Å². The second kappa shape index (κ2) is 4.24. The Hall–Kier alpha value is -0.0800. The van der Waals surface area contributed by atoms with Crippen LogP contribution in [-0.4, -0.2) is 23.8 Å². The Morgan fingerprint density at radius 2 is 1.75 bits per heavy atom. The van der Waals surface area contributed by atoms with Crippen molar-refractivity contribution in [2.75, 3.05) is 13.1 Å². The van der Waals surface area contributed by atoms with Gasteiger partial charge in [0.05, 0.1) is 5.60 Å². The Bertz CT molecular complexity index is 128. The van der Waals surface area contributed by atoms with Crippen LogP contribution in [0, 0.1) is 0 Å². The van der Waals surface area contributed by atoms with Crippen LogP contribution in [0.2, 0.25) is 0 Å². The summed E-state index contributed by atoms with van der Waals surface area (Å²) < 4.78 is 0. The molecule has 1 heterocycles. The molecule has 0 atom stereocenters. The highest BCUT2D eigenvalue weighted by Gasteiger charge is 2.21. The van der Waals surface area contributed by atoms with Crippen molar-refractivity contribution in [2.24, 2.45) is 0 Å². The van der Waals surface area contributed by atoms with Crippen LogP contribution in [0.5, 0.6) is 0 Å². The topological polar surface area (TPSA) is 12.5 Å². The molecule has 0 radical (unpaired) electrons. The van der Waals surface area contributed by atoms with Crippen LogP contribution in [0.4, 0.5) is 0 Å². The summed E-state index contributed by atoms with van der Waals surface area (Å²) in [5.74, 6) is 0. The zero-order valence-electron chi connectivity index (χ0n) is 8.60. The maximum atomic E-state index is 5.86. The van der Waals surface area contributed by atoms with Gasteiger partial charge in [0.15, 0.2) is 0 Å². The van der Waals surface area contributed by atoms with E-state index in [4.69, 9.17) is 4.84 Å². The van der Waals surface area contributed by atoms with Gasteiger partial charge in [0.2, 0.25) is 0 Å². The molecule has 0 spiro atoms. The minimum atomic E-state index is 0.0251. The van der Waals surface area contributed by atoms with Crippen molar-refractivity contribution in [3.05, 3.63) is 0 Å². The molecule has 2 heteroatoms. The van der Waals surface area contributed by atoms with Gasteiger partial charge in [0.25, 0.3) is 0 Å². The van der Waals surface area contributed by atoms with Crippen molar-refractivity contribution >= 4 is 0 Å². The van der Waals surface area contributed by atoms with Crippen molar-refractivity contribution in [2.45, 2.75) is 52.1 Å². The first-order chi connectivity index (χ1) is 5.64. The predicted octanol–water partition coefficient (Wildman–Crippen LogP) is 2.59. The van der Waals surface area contributed by atoms with Crippen LogP contribution in [-0.2, 0) is 4.84 Å². The van der Waals surface area contributed by atoms with Gasteiger partial charge in [-0.3, -0.25) is 4.84 Å². The lowest BCUT2D eigenvalue weighted by Crippen LogP contribution is -2.38. The van der Waals surface area contributed by atoms with Crippen molar-refractivity contribution in [3.63, 3.8) is 0 Å². The van der Waals surface area contributed by atoms with Crippen LogP contribution in [0.1, 0.15) is 46.5 Å². The SMILES string of the molecule is CCC(C)(C)ON1CCCCC1. The zero-order valence-corrected chi connectivity index (χ0v) is 8.60. The predicted molar refractivity (Wildman–Crippen MR) is 50.9 cm³/mol. The Balaban J connectivity index is 2.28. The molecule has 0 aromatic heterocycles. The lowest BCUT2D eigenvalue weighted by molar-refractivity contribution is -0.242. The van der Waals surface area contributed by atoms with E-state index in [1.54, 1.807) is 0 Å². The molecule has 72 valence electrons. The molecule has 12 heavy (non-hydrogen) atoms. The third-order valence-corrected chi connectivity index (χ3v) is 2.54. The molecule has 0 saturated carbocycles. The van der Waals surface area contributed by atoms with Crippen molar-refractivity contribution in [1.82, 2.24) is 5.06 Å². The fraction of sp³-hybridized carbons (Fsp3) is 1.00. The summed E-state index contributed by atoms with van der Waals surface area (Å²) in [6.07, 6.45) is 5.02. The fourth-order valence-electron chi connectivity index (χ4n) is 1.37. The molecule has 0 bridgehead atoms. The second-order valence-electron chi connectivity index (χ2n) is 4.19. The Morgan fingerprint density at radius 3 is 2.25 bits per heavy atom. The number of hydroxylamine groups is 2. The first-order valence-electron chi connectivity index (χ1n) is 5.08. The van der Waals surface area contributed by atoms with Crippen LogP contribution in [0.3, 0.4) is 0 Å². The summed E-state index contributed by atoms with van der Waals surface area (Å²) in [5.41, 5.74) is 0.0251. The molecule has 0 aliphatic carbocycles. The summed E-state index contributed by atoms with van der Waals surface area (Å²) in [5, 5.41) is 2.13. The number of piperidine rings is 1. The molecular formula is C10H21NO.